The summed E-state index contributed by atoms with van der Waals surface area (Å²) in [6.07, 6.45) is 3.68. The summed E-state index contributed by atoms with van der Waals surface area (Å²) in [5, 5.41) is 0. The van der Waals surface area contributed by atoms with Gasteiger partial charge < -0.3 is 14.7 Å². The van der Waals surface area contributed by atoms with Crippen LogP contribution in [0.3, 0.4) is 0 Å². The van der Waals surface area contributed by atoms with Gasteiger partial charge in [-0.2, -0.15) is 0 Å². The average molecular weight is 392 g/mol. The lowest BCUT2D eigenvalue weighted by molar-refractivity contribution is -0.156. The highest BCUT2D eigenvalue weighted by Crippen LogP contribution is 2.22. The molecule has 2 aromatic rings. The molecule has 3 amide bonds. The van der Waals surface area contributed by atoms with Gasteiger partial charge in [-0.05, 0) is 30.5 Å². The monoisotopic (exact) mass is 392 g/mol. The Hall–Kier alpha value is -3.22. The molecule has 1 unspecified atom stereocenters. The molecule has 3 heterocycles. The summed E-state index contributed by atoms with van der Waals surface area (Å²) in [4.78, 5) is 47.8. The van der Waals surface area contributed by atoms with Crippen molar-refractivity contribution in [3.8, 4) is 0 Å². The molecule has 0 aliphatic carbocycles. The first-order valence-corrected chi connectivity index (χ1v) is 9.86. The lowest BCUT2D eigenvalue weighted by Crippen LogP contribution is -2.59. The molecule has 1 atom stereocenters. The van der Waals surface area contributed by atoms with Crippen LogP contribution in [-0.4, -0.2) is 69.6 Å². The number of carbonyl (C=O) groups is 3. The fraction of sp³-hybridized carbons (Fsp3) is 0.364. The Kier molecular flexibility index (Phi) is 5.29. The van der Waals surface area contributed by atoms with Crippen LogP contribution in [0.25, 0.3) is 0 Å². The van der Waals surface area contributed by atoms with Crippen LogP contribution in [0, 0.1) is 6.92 Å². The summed E-state index contributed by atoms with van der Waals surface area (Å²) in [5.74, 6) is -0.200. The smallest absolute Gasteiger partial charge is 0.255 e. The maximum atomic E-state index is 13.1. The molecule has 0 spiro atoms. The predicted molar refractivity (Wildman–Crippen MR) is 107 cm³/mol. The van der Waals surface area contributed by atoms with Crippen molar-refractivity contribution in [3.63, 3.8) is 0 Å². The Balaban J connectivity index is 1.49. The zero-order valence-corrected chi connectivity index (χ0v) is 16.5. The fourth-order valence-electron chi connectivity index (χ4n) is 4.03. The highest BCUT2D eigenvalue weighted by molar-refractivity contribution is 5.97. The van der Waals surface area contributed by atoms with E-state index < -0.39 is 6.04 Å². The third-order valence-corrected chi connectivity index (χ3v) is 5.68. The van der Waals surface area contributed by atoms with Crippen LogP contribution >= 0.6 is 0 Å². The van der Waals surface area contributed by atoms with Crippen molar-refractivity contribution in [2.45, 2.75) is 25.9 Å². The molecule has 4 rings (SSSR count). The number of fused-ring (bicyclic) bond motifs is 1. The molecule has 0 saturated carbocycles. The number of rotatable bonds is 3. The van der Waals surface area contributed by atoms with E-state index in [9.17, 15) is 14.4 Å². The number of hydrogen-bond acceptors (Lipinski definition) is 4. The Bertz CT molecular complexity index is 931. The highest BCUT2D eigenvalue weighted by Gasteiger charge is 2.41. The number of piperazine rings is 1. The first-order valence-electron chi connectivity index (χ1n) is 9.86. The van der Waals surface area contributed by atoms with E-state index in [0.29, 0.717) is 38.2 Å². The first-order chi connectivity index (χ1) is 14.0. The van der Waals surface area contributed by atoms with Crippen molar-refractivity contribution >= 4 is 17.7 Å². The summed E-state index contributed by atoms with van der Waals surface area (Å²) in [5.41, 5.74) is 2.43. The van der Waals surface area contributed by atoms with Crippen molar-refractivity contribution in [2.75, 3.05) is 26.2 Å². The number of amides is 3. The third kappa shape index (κ3) is 3.85. The van der Waals surface area contributed by atoms with Crippen LogP contribution in [0.4, 0.5) is 0 Å². The second kappa shape index (κ2) is 8.03. The lowest BCUT2D eigenvalue weighted by Gasteiger charge is -2.39. The maximum Gasteiger partial charge on any atom is 0.255 e. The zero-order valence-electron chi connectivity index (χ0n) is 16.5. The third-order valence-electron chi connectivity index (χ3n) is 5.68. The number of carbonyl (C=O) groups excluding carboxylic acids is 3. The van der Waals surface area contributed by atoms with Gasteiger partial charge in [-0.3, -0.25) is 19.4 Å². The summed E-state index contributed by atoms with van der Waals surface area (Å²) >= 11 is 0. The van der Waals surface area contributed by atoms with E-state index >= 15 is 0 Å². The standard InChI is InChI=1S/C22H24N4O3/c1-16-7-9-23-13-18(16)21(28)24-10-8-19-22(29)25(14-17-5-3-2-4-6-17)15-20(27)26(19)12-11-24/h2-7,9,13,19H,8,10-12,14-15H2,1H3. The fourth-order valence-corrected chi connectivity index (χ4v) is 4.03. The van der Waals surface area contributed by atoms with E-state index in [0.717, 1.165) is 11.1 Å². The van der Waals surface area contributed by atoms with Gasteiger partial charge in [-0.25, -0.2) is 0 Å². The van der Waals surface area contributed by atoms with E-state index in [1.165, 1.54) is 0 Å². The van der Waals surface area contributed by atoms with Crippen LogP contribution in [0.15, 0.2) is 48.8 Å². The van der Waals surface area contributed by atoms with Crippen LogP contribution in [0.5, 0.6) is 0 Å². The van der Waals surface area contributed by atoms with E-state index in [2.05, 4.69) is 4.98 Å². The summed E-state index contributed by atoms with van der Waals surface area (Å²) < 4.78 is 0. The van der Waals surface area contributed by atoms with Gasteiger partial charge >= 0.3 is 0 Å². The second-order valence-electron chi connectivity index (χ2n) is 7.55. The van der Waals surface area contributed by atoms with E-state index in [1.807, 2.05) is 43.3 Å². The van der Waals surface area contributed by atoms with Gasteiger partial charge in [0.2, 0.25) is 11.8 Å². The largest absolute Gasteiger partial charge is 0.337 e. The Morgan fingerprint density at radius 3 is 2.66 bits per heavy atom. The summed E-state index contributed by atoms with van der Waals surface area (Å²) in [6.45, 7) is 3.62. The van der Waals surface area contributed by atoms with Crippen molar-refractivity contribution in [1.82, 2.24) is 19.7 Å². The van der Waals surface area contributed by atoms with E-state index in [-0.39, 0.29) is 24.3 Å². The molecule has 2 aliphatic rings. The molecule has 2 aliphatic heterocycles. The summed E-state index contributed by atoms with van der Waals surface area (Å²) in [7, 11) is 0. The minimum atomic E-state index is -0.507. The molecule has 0 bridgehead atoms. The van der Waals surface area contributed by atoms with Gasteiger partial charge in [0.05, 0.1) is 5.56 Å². The minimum Gasteiger partial charge on any atom is -0.337 e. The molecule has 29 heavy (non-hydrogen) atoms. The number of pyridine rings is 1. The molecule has 0 radical (unpaired) electrons. The Morgan fingerprint density at radius 2 is 1.90 bits per heavy atom. The van der Waals surface area contributed by atoms with E-state index in [4.69, 9.17) is 0 Å². The zero-order chi connectivity index (χ0) is 20.4. The molecular formula is C22H24N4O3. The molecule has 7 heteroatoms. The van der Waals surface area contributed by atoms with Crippen LogP contribution in [0.2, 0.25) is 0 Å². The van der Waals surface area contributed by atoms with Gasteiger partial charge in [0.25, 0.3) is 5.91 Å². The van der Waals surface area contributed by atoms with E-state index in [1.54, 1.807) is 27.1 Å². The molecule has 2 saturated heterocycles. The molecule has 1 aromatic carbocycles. The molecule has 0 N–H and O–H groups in total. The van der Waals surface area contributed by atoms with Crippen molar-refractivity contribution in [2.24, 2.45) is 0 Å². The molecule has 2 fully saturated rings. The van der Waals surface area contributed by atoms with Crippen molar-refractivity contribution in [3.05, 3.63) is 65.5 Å². The SMILES string of the molecule is Cc1ccncc1C(=O)N1CCC2C(=O)N(Cc3ccccc3)CC(=O)N2CC1. The van der Waals surface area contributed by atoms with Gasteiger partial charge in [-0.15, -0.1) is 0 Å². The van der Waals surface area contributed by atoms with Gasteiger partial charge in [0.15, 0.2) is 0 Å². The number of aryl methyl sites for hydroxylation is 1. The number of hydrogen-bond donors (Lipinski definition) is 0. The van der Waals surface area contributed by atoms with Crippen LogP contribution < -0.4 is 0 Å². The Labute approximate surface area is 169 Å². The molecule has 7 nitrogen and oxygen atoms in total. The number of nitrogens with zero attached hydrogens (tertiary/aromatic N) is 4. The number of aromatic nitrogens is 1. The maximum absolute atomic E-state index is 13.1. The topological polar surface area (TPSA) is 73.8 Å². The minimum absolute atomic E-state index is 0.0414. The van der Waals surface area contributed by atoms with Crippen molar-refractivity contribution < 1.29 is 14.4 Å². The second-order valence-corrected chi connectivity index (χ2v) is 7.55. The van der Waals surface area contributed by atoms with Gasteiger partial charge in [-0.1, -0.05) is 30.3 Å². The number of benzene rings is 1. The van der Waals surface area contributed by atoms with Crippen LogP contribution in [0.1, 0.15) is 27.9 Å². The normalized spacial score (nSPS) is 19.8. The summed E-state index contributed by atoms with van der Waals surface area (Å²) in [6, 6.07) is 11.0. The van der Waals surface area contributed by atoms with Gasteiger partial charge in [0.1, 0.15) is 12.6 Å². The molecular weight excluding hydrogens is 368 g/mol. The van der Waals surface area contributed by atoms with Gasteiger partial charge in [0, 0.05) is 38.6 Å². The van der Waals surface area contributed by atoms with Crippen LogP contribution in [-0.2, 0) is 16.1 Å². The predicted octanol–water partition coefficient (Wildman–Crippen LogP) is 1.48. The molecule has 150 valence electrons. The molecule has 1 aromatic heterocycles. The van der Waals surface area contributed by atoms with Crippen molar-refractivity contribution in [1.29, 1.82) is 0 Å². The first kappa shape index (κ1) is 19.1. The lowest BCUT2D eigenvalue weighted by atomic mass is 10.1. The Morgan fingerprint density at radius 1 is 1.10 bits per heavy atom. The average Bonchev–Trinajstić information content (AvgIpc) is 2.96. The quantitative estimate of drug-likeness (QED) is 0.793. The highest BCUT2D eigenvalue weighted by atomic mass is 16.2.